The third-order valence-corrected chi connectivity index (χ3v) is 6.85. The average Bonchev–Trinajstić information content (AvgIpc) is 3.11. The van der Waals surface area contributed by atoms with Crippen LogP contribution in [0.1, 0.15) is 25.0 Å². The minimum Gasteiger partial charge on any atom is -0.490 e. The molecule has 3 aromatic carbocycles. The van der Waals surface area contributed by atoms with Crippen LogP contribution in [0, 0.1) is 0 Å². The average molecular weight is 570 g/mol. The second-order valence-electron chi connectivity index (χ2n) is 7.76. The number of nitrogens with zero attached hydrogens (tertiary/aromatic N) is 1. The monoisotopic (exact) mass is 569 g/mol. The number of carbonyl (C=O) groups excluding carboxylic acids is 3. The van der Waals surface area contributed by atoms with Gasteiger partial charge in [0.15, 0.2) is 18.1 Å². The Morgan fingerprint density at radius 1 is 1.03 bits per heavy atom. The van der Waals surface area contributed by atoms with Crippen molar-refractivity contribution in [1.82, 2.24) is 4.90 Å². The van der Waals surface area contributed by atoms with Crippen LogP contribution in [-0.4, -0.2) is 41.8 Å². The van der Waals surface area contributed by atoms with E-state index in [4.69, 9.17) is 14.2 Å². The zero-order valence-electron chi connectivity index (χ0n) is 19.8. The van der Waals surface area contributed by atoms with E-state index in [9.17, 15) is 14.4 Å². The van der Waals surface area contributed by atoms with E-state index >= 15 is 0 Å². The number of rotatable bonds is 9. The Kier molecular flexibility index (Phi) is 8.32. The fourth-order valence-corrected chi connectivity index (χ4v) is 5.21. The van der Waals surface area contributed by atoms with Crippen molar-refractivity contribution in [2.75, 3.05) is 19.8 Å². The first-order valence-electron chi connectivity index (χ1n) is 11.4. The van der Waals surface area contributed by atoms with E-state index in [1.165, 1.54) is 4.90 Å². The Bertz CT molecular complexity index is 1350. The molecule has 9 heteroatoms. The van der Waals surface area contributed by atoms with Gasteiger partial charge in [0.25, 0.3) is 11.1 Å². The molecule has 0 aromatic heterocycles. The van der Waals surface area contributed by atoms with E-state index in [1.807, 2.05) is 49.4 Å². The molecule has 1 aliphatic rings. The molecule has 0 spiro atoms. The molecule has 186 valence electrons. The molecule has 7 nitrogen and oxygen atoms in total. The van der Waals surface area contributed by atoms with Crippen molar-refractivity contribution >= 4 is 61.7 Å². The first-order valence-corrected chi connectivity index (χ1v) is 13.0. The molecule has 3 aromatic rings. The van der Waals surface area contributed by atoms with Gasteiger partial charge < -0.3 is 14.2 Å². The number of ether oxygens (including phenoxy) is 3. The van der Waals surface area contributed by atoms with Crippen molar-refractivity contribution in [3.8, 4) is 11.5 Å². The highest BCUT2D eigenvalue weighted by Gasteiger charge is 2.35. The topological polar surface area (TPSA) is 82.1 Å². The number of esters is 1. The minimum absolute atomic E-state index is 0.192. The third-order valence-electron chi connectivity index (χ3n) is 5.35. The summed E-state index contributed by atoms with van der Waals surface area (Å²) in [4.78, 5) is 39.2. The summed E-state index contributed by atoms with van der Waals surface area (Å²) in [5.74, 6) is -0.0889. The van der Waals surface area contributed by atoms with Gasteiger partial charge >= 0.3 is 5.97 Å². The summed E-state index contributed by atoms with van der Waals surface area (Å²) in [6, 6.07) is 17.2. The third kappa shape index (κ3) is 5.74. The van der Waals surface area contributed by atoms with Crippen molar-refractivity contribution in [3.63, 3.8) is 0 Å². The first kappa shape index (κ1) is 25.8. The normalized spacial score (nSPS) is 14.5. The molecule has 2 amide bonds. The number of hydrogen-bond acceptors (Lipinski definition) is 7. The molecular formula is C27H24BrNO6S. The molecule has 1 aliphatic heterocycles. The van der Waals surface area contributed by atoms with Crippen LogP contribution in [0.2, 0.25) is 0 Å². The number of thioether (sulfide) groups is 1. The van der Waals surface area contributed by atoms with Crippen LogP contribution in [0.25, 0.3) is 16.8 Å². The standard InChI is InChI=1S/C27H24BrNO6S/c1-3-33-22-13-17(12-21(28)25(22)35-16-24(30)34-4-2)14-23-26(31)29(27(32)36-23)15-19-10-7-9-18-8-5-6-11-20(18)19/h5-14H,3-4,15-16H2,1-2H3/b23-14+. The van der Waals surface area contributed by atoms with Gasteiger partial charge in [-0.15, -0.1) is 0 Å². The fraction of sp³-hybridized carbons (Fsp3) is 0.222. The molecule has 0 saturated carbocycles. The molecule has 4 rings (SSSR count). The van der Waals surface area contributed by atoms with Gasteiger partial charge in [0.1, 0.15) is 0 Å². The van der Waals surface area contributed by atoms with Gasteiger partial charge in [0.2, 0.25) is 0 Å². The Morgan fingerprint density at radius 2 is 1.81 bits per heavy atom. The second kappa shape index (κ2) is 11.6. The molecular weight excluding hydrogens is 546 g/mol. The maximum atomic E-state index is 13.2. The summed E-state index contributed by atoms with van der Waals surface area (Å²) in [6.45, 7) is 4.10. The highest BCUT2D eigenvalue weighted by Crippen LogP contribution is 2.39. The highest BCUT2D eigenvalue weighted by atomic mass is 79.9. The van der Waals surface area contributed by atoms with Crippen LogP contribution >= 0.6 is 27.7 Å². The lowest BCUT2D eigenvalue weighted by molar-refractivity contribution is -0.145. The maximum Gasteiger partial charge on any atom is 0.344 e. The molecule has 0 N–H and O–H groups in total. The molecule has 0 atom stereocenters. The lowest BCUT2D eigenvalue weighted by atomic mass is 10.0. The van der Waals surface area contributed by atoms with E-state index in [2.05, 4.69) is 15.9 Å². The van der Waals surface area contributed by atoms with Crippen LogP contribution in [0.15, 0.2) is 64.0 Å². The molecule has 0 aliphatic carbocycles. The van der Waals surface area contributed by atoms with Gasteiger partial charge in [-0.05, 0) is 81.6 Å². The Balaban J connectivity index is 1.57. The van der Waals surface area contributed by atoms with Crippen molar-refractivity contribution < 1.29 is 28.6 Å². The summed E-state index contributed by atoms with van der Waals surface area (Å²) in [6.07, 6.45) is 1.65. The molecule has 1 fully saturated rings. The number of hydrogen-bond donors (Lipinski definition) is 0. The Hall–Kier alpha value is -3.30. The number of benzene rings is 3. The van der Waals surface area contributed by atoms with Gasteiger partial charge in [-0.1, -0.05) is 42.5 Å². The van der Waals surface area contributed by atoms with Crippen molar-refractivity contribution in [2.24, 2.45) is 0 Å². The van der Waals surface area contributed by atoms with Crippen molar-refractivity contribution in [3.05, 3.63) is 75.1 Å². The Morgan fingerprint density at radius 3 is 2.58 bits per heavy atom. The maximum absolute atomic E-state index is 13.2. The summed E-state index contributed by atoms with van der Waals surface area (Å²) >= 11 is 4.36. The second-order valence-corrected chi connectivity index (χ2v) is 9.61. The van der Waals surface area contributed by atoms with E-state index in [-0.39, 0.29) is 30.9 Å². The van der Waals surface area contributed by atoms with Crippen LogP contribution in [-0.2, 0) is 20.9 Å². The number of halogens is 1. The quantitative estimate of drug-likeness (QED) is 0.225. The predicted octanol–water partition coefficient (Wildman–Crippen LogP) is 6.18. The largest absolute Gasteiger partial charge is 0.490 e. The van der Waals surface area contributed by atoms with Crippen LogP contribution in [0.5, 0.6) is 11.5 Å². The van der Waals surface area contributed by atoms with Gasteiger partial charge in [0, 0.05) is 0 Å². The van der Waals surface area contributed by atoms with E-state index in [1.54, 1.807) is 25.1 Å². The number of imide groups is 1. The smallest absolute Gasteiger partial charge is 0.344 e. The van der Waals surface area contributed by atoms with Gasteiger partial charge in [-0.2, -0.15) is 0 Å². The summed E-state index contributed by atoms with van der Waals surface area (Å²) in [5, 5.41) is 1.74. The Labute approximate surface area is 221 Å². The van der Waals surface area contributed by atoms with Crippen LogP contribution in [0.4, 0.5) is 4.79 Å². The van der Waals surface area contributed by atoms with E-state index in [0.29, 0.717) is 33.0 Å². The molecule has 36 heavy (non-hydrogen) atoms. The first-order chi connectivity index (χ1) is 17.4. The summed E-state index contributed by atoms with van der Waals surface area (Å²) in [5.41, 5.74) is 1.55. The van der Waals surface area contributed by atoms with Gasteiger partial charge in [-0.3, -0.25) is 14.5 Å². The molecule has 1 saturated heterocycles. The molecule has 0 unspecified atom stereocenters. The number of amides is 2. The van der Waals surface area contributed by atoms with Crippen LogP contribution < -0.4 is 9.47 Å². The van der Waals surface area contributed by atoms with Gasteiger partial charge in [0.05, 0.1) is 29.1 Å². The highest BCUT2D eigenvalue weighted by molar-refractivity contribution is 9.10. The summed E-state index contributed by atoms with van der Waals surface area (Å²) in [7, 11) is 0. The lowest BCUT2D eigenvalue weighted by Gasteiger charge is -2.15. The number of fused-ring (bicyclic) bond motifs is 1. The lowest BCUT2D eigenvalue weighted by Crippen LogP contribution is -2.27. The van der Waals surface area contributed by atoms with Gasteiger partial charge in [-0.25, -0.2) is 4.79 Å². The molecule has 0 bridgehead atoms. The van der Waals surface area contributed by atoms with Crippen molar-refractivity contribution in [1.29, 1.82) is 0 Å². The minimum atomic E-state index is -0.490. The van der Waals surface area contributed by atoms with Crippen LogP contribution in [0.3, 0.4) is 0 Å². The zero-order valence-corrected chi connectivity index (χ0v) is 22.2. The fourth-order valence-electron chi connectivity index (χ4n) is 3.80. The molecule has 1 heterocycles. The zero-order chi connectivity index (χ0) is 25.7. The van der Waals surface area contributed by atoms with E-state index in [0.717, 1.165) is 28.1 Å². The SMILES string of the molecule is CCOC(=O)COc1c(Br)cc(/C=C2/SC(=O)N(Cc3cccc4ccccc34)C2=O)cc1OCC. The molecule has 0 radical (unpaired) electrons. The predicted molar refractivity (Wildman–Crippen MR) is 143 cm³/mol. The van der Waals surface area contributed by atoms with E-state index < -0.39 is 5.97 Å². The number of carbonyl (C=O) groups is 3. The van der Waals surface area contributed by atoms with Crippen molar-refractivity contribution in [2.45, 2.75) is 20.4 Å². The summed E-state index contributed by atoms with van der Waals surface area (Å²) < 4.78 is 16.8.